The standard InChI is InChI=1S/C14H13ClF5N3O2S/c1-8-12(15)13(14(18,19)20)22-23(8)6-2-5-21-26(24,25)9-3-4-10(16)11(17)7-9/h3-4,7,21H,2,5-6H2,1H3. The van der Waals surface area contributed by atoms with Crippen LogP contribution in [0.2, 0.25) is 5.02 Å². The lowest BCUT2D eigenvalue weighted by Gasteiger charge is -2.08. The third-order valence-electron chi connectivity index (χ3n) is 3.44. The van der Waals surface area contributed by atoms with Gasteiger partial charge in [-0.3, -0.25) is 4.68 Å². The first-order valence-corrected chi connectivity index (χ1v) is 9.04. The largest absolute Gasteiger partial charge is 0.436 e. The zero-order valence-electron chi connectivity index (χ0n) is 13.2. The van der Waals surface area contributed by atoms with Crippen LogP contribution in [0.15, 0.2) is 23.1 Å². The summed E-state index contributed by atoms with van der Waals surface area (Å²) in [5.41, 5.74) is -1.11. The van der Waals surface area contributed by atoms with E-state index in [1.807, 2.05) is 0 Å². The maximum atomic E-state index is 13.1. The smallest absolute Gasteiger partial charge is 0.268 e. The number of alkyl halides is 3. The molecule has 1 aromatic heterocycles. The average Bonchev–Trinajstić information content (AvgIpc) is 2.82. The van der Waals surface area contributed by atoms with Gasteiger partial charge in [0.2, 0.25) is 10.0 Å². The van der Waals surface area contributed by atoms with Gasteiger partial charge in [-0.15, -0.1) is 0 Å². The molecule has 0 saturated heterocycles. The van der Waals surface area contributed by atoms with Gasteiger partial charge in [0.1, 0.15) is 0 Å². The van der Waals surface area contributed by atoms with Gasteiger partial charge < -0.3 is 0 Å². The van der Waals surface area contributed by atoms with Crippen molar-refractivity contribution in [3.63, 3.8) is 0 Å². The van der Waals surface area contributed by atoms with Gasteiger partial charge in [0, 0.05) is 13.1 Å². The Hall–Kier alpha value is -1.72. The first-order chi connectivity index (χ1) is 11.9. The van der Waals surface area contributed by atoms with E-state index in [-0.39, 0.29) is 25.2 Å². The average molecular weight is 418 g/mol. The van der Waals surface area contributed by atoms with Crippen molar-refractivity contribution in [2.24, 2.45) is 0 Å². The van der Waals surface area contributed by atoms with Crippen molar-refractivity contribution in [2.75, 3.05) is 6.54 Å². The van der Waals surface area contributed by atoms with Crippen LogP contribution >= 0.6 is 11.6 Å². The number of aromatic nitrogens is 2. The van der Waals surface area contributed by atoms with Gasteiger partial charge in [-0.25, -0.2) is 21.9 Å². The van der Waals surface area contributed by atoms with E-state index in [0.29, 0.717) is 12.1 Å². The second-order valence-corrected chi connectivity index (χ2v) is 7.44. The minimum absolute atomic E-state index is 0.0259. The molecule has 12 heteroatoms. The van der Waals surface area contributed by atoms with Crippen LogP contribution in [0, 0.1) is 18.6 Å². The topological polar surface area (TPSA) is 64.0 Å². The van der Waals surface area contributed by atoms with Gasteiger partial charge in [0.05, 0.1) is 15.6 Å². The molecule has 0 spiro atoms. The molecular formula is C14H13ClF5N3O2S. The Morgan fingerprint density at radius 1 is 1.23 bits per heavy atom. The zero-order valence-corrected chi connectivity index (χ0v) is 14.8. The van der Waals surface area contributed by atoms with Crippen LogP contribution in [-0.4, -0.2) is 24.7 Å². The van der Waals surface area contributed by atoms with E-state index in [1.165, 1.54) is 6.92 Å². The van der Waals surface area contributed by atoms with Crippen molar-refractivity contribution in [3.8, 4) is 0 Å². The monoisotopic (exact) mass is 417 g/mol. The number of hydrogen-bond acceptors (Lipinski definition) is 3. The number of nitrogens with one attached hydrogen (secondary N) is 1. The molecule has 1 heterocycles. The molecule has 1 aromatic carbocycles. The Kier molecular flexibility index (Phi) is 5.93. The van der Waals surface area contributed by atoms with Crippen molar-refractivity contribution in [1.29, 1.82) is 0 Å². The summed E-state index contributed by atoms with van der Waals surface area (Å²) in [4.78, 5) is -0.464. The number of halogens is 6. The second kappa shape index (κ2) is 7.49. The molecule has 0 radical (unpaired) electrons. The van der Waals surface area contributed by atoms with Crippen LogP contribution in [0.1, 0.15) is 17.8 Å². The summed E-state index contributed by atoms with van der Waals surface area (Å²) in [6, 6.07) is 2.11. The van der Waals surface area contributed by atoms with E-state index < -0.39 is 43.4 Å². The van der Waals surface area contributed by atoms with Crippen molar-refractivity contribution in [3.05, 3.63) is 46.2 Å². The molecule has 0 saturated carbocycles. The number of benzene rings is 1. The first-order valence-electron chi connectivity index (χ1n) is 7.18. The Bertz CT molecular complexity index is 912. The molecular weight excluding hydrogens is 405 g/mol. The summed E-state index contributed by atoms with van der Waals surface area (Å²) in [6.07, 6.45) is -4.60. The third-order valence-corrected chi connectivity index (χ3v) is 5.35. The molecule has 0 amide bonds. The van der Waals surface area contributed by atoms with E-state index in [4.69, 9.17) is 11.6 Å². The van der Waals surface area contributed by atoms with Gasteiger partial charge in [-0.2, -0.15) is 18.3 Å². The van der Waals surface area contributed by atoms with Crippen molar-refractivity contribution in [2.45, 2.75) is 31.0 Å². The number of aryl methyl sites for hydroxylation is 1. The molecule has 0 atom stereocenters. The maximum absolute atomic E-state index is 13.1. The highest BCUT2D eigenvalue weighted by atomic mass is 35.5. The van der Waals surface area contributed by atoms with Crippen molar-refractivity contribution in [1.82, 2.24) is 14.5 Å². The van der Waals surface area contributed by atoms with Gasteiger partial charge in [-0.05, 0) is 31.5 Å². The van der Waals surface area contributed by atoms with Crippen LogP contribution in [0.5, 0.6) is 0 Å². The number of hydrogen-bond donors (Lipinski definition) is 1. The summed E-state index contributed by atoms with van der Waals surface area (Å²) in [6.45, 7) is 1.18. The highest BCUT2D eigenvalue weighted by molar-refractivity contribution is 7.89. The summed E-state index contributed by atoms with van der Waals surface area (Å²) in [5.74, 6) is -2.50. The molecule has 0 aliphatic carbocycles. The van der Waals surface area contributed by atoms with Crippen molar-refractivity contribution < 1.29 is 30.4 Å². The summed E-state index contributed by atoms with van der Waals surface area (Å²) in [5, 5.41) is 2.87. The highest BCUT2D eigenvalue weighted by Gasteiger charge is 2.38. The Balaban J connectivity index is 1.99. The molecule has 0 fully saturated rings. The molecule has 144 valence electrons. The van der Waals surface area contributed by atoms with Crippen LogP contribution in [0.25, 0.3) is 0 Å². The number of nitrogens with zero attached hydrogens (tertiary/aromatic N) is 2. The van der Waals surface area contributed by atoms with Crippen LogP contribution < -0.4 is 4.72 Å². The number of rotatable bonds is 6. The minimum Gasteiger partial charge on any atom is -0.268 e. The first kappa shape index (κ1) is 20.6. The normalized spacial score (nSPS) is 12.6. The lowest BCUT2D eigenvalue weighted by atomic mass is 10.3. The lowest BCUT2D eigenvalue weighted by Crippen LogP contribution is -2.26. The van der Waals surface area contributed by atoms with Gasteiger partial charge in [0.25, 0.3) is 0 Å². The van der Waals surface area contributed by atoms with Crippen molar-refractivity contribution >= 4 is 21.6 Å². The lowest BCUT2D eigenvalue weighted by molar-refractivity contribution is -0.141. The molecule has 0 aliphatic rings. The summed E-state index contributed by atoms with van der Waals surface area (Å²) in [7, 11) is -4.08. The molecule has 1 N–H and O–H groups in total. The molecule has 0 unspecified atom stereocenters. The fourth-order valence-electron chi connectivity index (χ4n) is 2.09. The van der Waals surface area contributed by atoms with Gasteiger partial charge >= 0.3 is 6.18 Å². The quantitative estimate of drug-likeness (QED) is 0.578. The maximum Gasteiger partial charge on any atom is 0.436 e. The fraction of sp³-hybridized carbons (Fsp3) is 0.357. The van der Waals surface area contributed by atoms with E-state index in [2.05, 4.69) is 9.82 Å². The zero-order chi connectivity index (χ0) is 19.7. The van der Waals surface area contributed by atoms with E-state index in [1.54, 1.807) is 0 Å². The SMILES string of the molecule is Cc1c(Cl)c(C(F)(F)F)nn1CCCNS(=O)(=O)c1ccc(F)c(F)c1. The molecule has 0 bridgehead atoms. The third kappa shape index (κ3) is 4.51. The predicted octanol–water partition coefficient (Wildman–Crippen LogP) is 3.51. The van der Waals surface area contributed by atoms with E-state index in [9.17, 15) is 30.4 Å². The van der Waals surface area contributed by atoms with E-state index in [0.717, 1.165) is 10.7 Å². The van der Waals surface area contributed by atoms with E-state index >= 15 is 0 Å². The predicted molar refractivity (Wildman–Crippen MR) is 83.1 cm³/mol. The summed E-state index contributed by atoms with van der Waals surface area (Å²) >= 11 is 5.61. The van der Waals surface area contributed by atoms with Crippen LogP contribution in [0.4, 0.5) is 22.0 Å². The molecule has 26 heavy (non-hydrogen) atoms. The van der Waals surface area contributed by atoms with Crippen LogP contribution in [0.3, 0.4) is 0 Å². The summed E-state index contributed by atoms with van der Waals surface area (Å²) < 4.78 is 91.3. The second-order valence-electron chi connectivity index (χ2n) is 5.30. The Morgan fingerprint density at radius 3 is 2.42 bits per heavy atom. The molecule has 2 rings (SSSR count). The van der Waals surface area contributed by atoms with Gasteiger partial charge in [0.15, 0.2) is 17.3 Å². The molecule has 5 nitrogen and oxygen atoms in total. The molecule has 2 aromatic rings. The fourth-order valence-corrected chi connectivity index (χ4v) is 3.41. The van der Waals surface area contributed by atoms with Gasteiger partial charge in [-0.1, -0.05) is 11.6 Å². The minimum atomic E-state index is -4.69. The number of sulfonamides is 1. The Morgan fingerprint density at radius 2 is 1.88 bits per heavy atom. The van der Waals surface area contributed by atoms with Crippen LogP contribution in [-0.2, 0) is 22.7 Å². The highest BCUT2D eigenvalue weighted by Crippen LogP contribution is 2.35. The molecule has 0 aliphatic heterocycles. The Labute approximate surface area is 150 Å².